The highest BCUT2D eigenvalue weighted by atomic mass is 35.5. The number of rotatable bonds is 3. The third kappa shape index (κ3) is 3.14. The molecule has 1 unspecified atom stereocenters. The Labute approximate surface area is 126 Å². The van der Waals surface area contributed by atoms with E-state index in [9.17, 15) is 0 Å². The van der Waals surface area contributed by atoms with Gasteiger partial charge in [-0.3, -0.25) is 0 Å². The van der Waals surface area contributed by atoms with E-state index >= 15 is 0 Å². The maximum absolute atomic E-state index is 6.13. The lowest BCUT2D eigenvalue weighted by molar-refractivity contribution is 0.573. The summed E-state index contributed by atoms with van der Waals surface area (Å²) in [5.41, 5.74) is 7.36. The van der Waals surface area contributed by atoms with Gasteiger partial charge in [0.25, 0.3) is 0 Å². The summed E-state index contributed by atoms with van der Waals surface area (Å²) in [5, 5.41) is 1.96. The predicted molar refractivity (Wildman–Crippen MR) is 83.0 cm³/mol. The van der Waals surface area contributed by atoms with Crippen molar-refractivity contribution >= 4 is 34.7 Å². The molecule has 0 saturated heterocycles. The van der Waals surface area contributed by atoms with E-state index in [0.717, 1.165) is 23.6 Å². The van der Waals surface area contributed by atoms with Crippen molar-refractivity contribution in [2.45, 2.75) is 36.0 Å². The predicted octanol–water partition coefficient (Wildman–Crippen LogP) is 4.42. The first kappa shape index (κ1) is 13.4. The van der Waals surface area contributed by atoms with E-state index < -0.39 is 0 Å². The molecule has 19 heavy (non-hydrogen) atoms. The highest BCUT2D eigenvalue weighted by molar-refractivity contribution is 7.98. The molecule has 2 aromatic rings. The van der Waals surface area contributed by atoms with Crippen LogP contribution in [0, 0.1) is 0 Å². The van der Waals surface area contributed by atoms with Crippen molar-refractivity contribution in [2.75, 3.05) is 0 Å². The maximum atomic E-state index is 6.13. The molecule has 1 aliphatic rings. The van der Waals surface area contributed by atoms with Gasteiger partial charge in [0.05, 0.1) is 11.4 Å². The lowest BCUT2D eigenvalue weighted by Gasteiger charge is -2.15. The zero-order chi connectivity index (χ0) is 13.2. The van der Waals surface area contributed by atoms with Crippen molar-refractivity contribution < 1.29 is 0 Å². The second-order valence-corrected chi connectivity index (χ2v) is 7.26. The van der Waals surface area contributed by atoms with Crippen LogP contribution in [0.4, 0.5) is 0 Å². The van der Waals surface area contributed by atoms with Crippen molar-refractivity contribution in [3.63, 3.8) is 0 Å². The van der Waals surface area contributed by atoms with Gasteiger partial charge in [-0.2, -0.15) is 0 Å². The quantitative estimate of drug-likeness (QED) is 0.853. The molecule has 2 nitrogen and oxygen atoms in total. The third-order valence-corrected chi connectivity index (χ3v) is 5.85. The van der Waals surface area contributed by atoms with E-state index in [4.69, 9.17) is 22.3 Å². The van der Waals surface area contributed by atoms with Crippen LogP contribution in [-0.2, 0) is 12.2 Å². The lowest BCUT2D eigenvalue weighted by atomic mass is 9.99. The largest absolute Gasteiger partial charge is 0.323 e. The molecular formula is C14H15ClN2S2. The summed E-state index contributed by atoms with van der Waals surface area (Å²) in [6.45, 7) is 0. The number of thiazole rings is 1. The standard InChI is InChI=1S/C14H15ClN2S2/c15-9-3-1-4-10(7-9)18-8-13-17-12-6-2-5-11(16)14(12)19-13/h1,3-4,7,11H,2,5-6,8,16H2. The average Bonchev–Trinajstić information content (AvgIpc) is 2.81. The van der Waals surface area contributed by atoms with Crippen LogP contribution in [0.2, 0.25) is 5.02 Å². The number of hydrogen-bond donors (Lipinski definition) is 1. The van der Waals surface area contributed by atoms with E-state index in [1.54, 1.807) is 23.1 Å². The number of halogens is 1. The molecule has 5 heteroatoms. The highest BCUT2D eigenvalue weighted by Gasteiger charge is 2.21. The Balaban J connectivity index is 1.71. The highest BCUT2D eigenvalue weighted by Crippen LogP contribution is 2.35. The Bertz CT molecular complexity index is 583. The molecule has 0 bridgehead atoms. The van der Waals surface area contributed by atoms with Crippen LogP contribution < -0.4 is 5.73 Å². The van der Waals surface area contributed by atoms with Crippen molar-refractivity contribution in [2.24, 2.45) is 5.73 Å². The van der Waals surface area contributed by atoms with Gasteiger partial charge in [0.1, 0.15) is 5.01 Å². The van der Waals surface area contributed by atoms with Crippen LogP contribution in [0.3, 0.4) is 0 Å². The van der Waals surface area contributed by atoms with Gasteiger partial charge >= 0.3 is 0 Å². The SMILES string of the molecule is NC1CCCc2nc(CSc3cccc(Cl)c3)sc21. The van der Waals surface area contributed by atoms with Gasteiger partial charge in [-0.1, -0.05) is 17.7 Å². The molecule has 0 aliphatic heterocycles. The number of nitrogens with two attached hydrogens (primary N) is 1. The molecule has 0 spiro atoms. The minimum Gasteiger partial charge on any atom is -0.323 e. The normalized spacial score (nSPS) is 18.3. The molecule has 3 rings (SSSR count). The average molecular weight is 311 g/mol. The van der Waals surface area contributed by atoms with E-state index in [0.29, 0.717) is 0 Å². The third-order valence-electron chi connectivity index (χ3n) is 3.20. The molecule has 1 aromatic carbocycles. The molecule has 1 aliphatic carbocycles. The van der Waals surface area contributed by atoms with Crippen molar-refractivity contribution in [3.05, 3.63) is 44.9 Å². The van der Waals surface area contributed by atoms with E-state index in [1.165, 1.54) is 26.9 Å². The number of thioether (sulfide) groups is 1. The molecule has 1 atom stereocenters. The monoisotopic (exact) mass is 310 g/mol. The van der Waals surface area contributed by atoms with Crippen LogP contribution in [0.1, 0.15) is 34.5 Å². The summed E-state index contributed by atoms with van der Waals surface area (Å²) in [5.74, 6) is 0.894. The van der Waals surface area contributed by atoms with Gasteiger partial charge in [-0.25, -0.2) is 4.98 Å². The zero-order valence-corrected chi connectivity index (χ0v) is 12.8. The first-order valence-electron chi connectivity index (χ1n) is 6.35. The molecule has 0 amide bonds. The van der Waals surface area contributed by atoms with Gasteiger partial charge in [-0.05, 0) is 37.5 Å². The van der Waals surface area contributed by atoms with Crippen LogP contribution in [-0.4, -0.2) is 4.98 Å². The van der Waals surface area contributed by atoms with Crippen molar-refractivity contribution in [1.82, 2.24) is 4.98 Å². The fraction of sp³-hybridized carbons (Fsp3) is 0.357. The number of aromatic nitrogens is 1. The van der Waals surface area contributed by atoms with Gasteiger partial charge in [-0.15, -0.1) is 23.1 Å². The number of fused-ring (bicyclic) bond motifs is 1. The Morgan fingerprint density at radius 2 is 2.37 bits per heavy atom. The maximum Gasteiger partial charge on any atom is 0.103 e. The molecule has 100 valence electrons. The van der Waals surface area contributed by atoms with Gasteiger partial charge < -0.3 is 5.73 Å². The summed E-state index contributed by atoms with van der Waals surface area (Å²) < 4.78 is 0. The minimum absolute atomic E-state index is 0.200. The Kier molecular flexibility index (Phi) is 4.12. The number of benzene rings is 1. The summed E-state index contributed by atoms with van der Waals surface area (Å²) in [6.07, 6.45) is 3.34. The summed E-state index contributed by atoms with van der Waals surface area (Å²) in [6, 6.07) is 8.15. The second kappa shape index (κ2) is 5.83. The lowest BCUT2D eigenvalue weighted by Crippen LogP contribution is -2.15. The molecule has 1 heterocycles. The Morgan fingerprint density at radius 3 is 3.16 bits per heavy atom. The molecule has 1 aromatic heterocycles. The topological polar surface area (TPSA) is 38.9 Å². The van der Waals surface area contributed by atoms with E-state index in [2.05, 4.69) is 6.07 Å². The minimum atomic E-state index is 0.200. The van der Waals surface area contributed by atoms with Crippen LogP contribution in [0.15, 0.2) is 29.2 Å². The van der Waals surface area contributed by atoms with Crippen LogP contribution in [0.25, 0.3) is 0 Å². The van der Waals surface area contributed by atoms with Gasteiger partial charge in [0.15, 0.2) is 0 Å². The molecule has 2 N–H and O–H groups in total. The number of aryl methyl sites for hydroxylation is 1. The van der Waals surface area contributed by atoms with Gasteiger partial charge in [0, 0.05) is 20.8 Å². The van der Waals surface area contributed by atoms with E-state index in [1.807, 2.05) is 18.2 Å². The first-order valence-corrected chi connectivity index (χ1v) is 8.53. The summed E-state index contributed by atoms with van der Waals surface area (Å²) in [4.78, 5) is 7.21. The second-order valence-electron chi connectivity index (χ2n) is 4.66. The number of hydrogen-bond acceptors (Lipinski definition) is 4. The summed E-state index contributed by atoms with van der Waals surface area (Å²) >= 11 is 9.54. The molecular weight excluding hydrogens is 296 g/mol. The summed E-state index contributed by atoms with van der Waals surface area (Å²) in [7, 11) is 0. The smallest absolute Gasteiger partial charge is 0.103 e. The molecule has 0 fully saturated rings. The molecule has 0 saturated carbocycles. The zero-order valence-electron chi connectivity index (χ0n) is 10.4. The fourth-order valence-corrected chi connectivity index (χ4v) is 4.62. The van der Waals surface area contributed by atoms with E-state index in [-0.39, 0.29) is 6.04 Å². The van der Waals surface area contributed by atoms with Crippen molar-refractivity contribution in [3.8, 4) is 0 Å². The molecule has 0 radical (unpaired) electrons. The number of nitrogens with zero attached hydrogens (tertiary/aromatic N) is 1. The van der Waals surface area contributed by atoms with Crippen molar-refractivity contribution in [1.29, 1.82) is 0 Å². The Morgan fingerprint density at radius 1 is 1.47 bits per heavy atom. The van der Waals surface area contributed by atoms with Crippen LogP contribution in [0.5, 0.6) is 0 Å². The first-order chi connectivity index (χ1) is 9.22. The Hall–Kier alpha value is -0.550. The van der Waals surface area contributed by atoms with Gasteiger partial charge in [0.2, 0.25) is 0 Å². The fourth-order valence-electron chi connectivity index (χ4n) is 2.27. The van der Waals surface area contributed by atoms with Crippen LogP contribution >= 0.6 is 34.7 Å².